The summed E-state index contributed by atoms with van der Waals surface area (Å²) in [7, 11) is 0. The molecule has 3 N–H and O–H groups in total. The first-order valence-electron chi connectivity index (χ1n) is 8.24. The molecule has 2 aromatic carbocycles. The zero-order chi connectivity index (χ0) is 19.0. The smallest absolute Gasteiger partial charge is 0.340 e. The van der Waals surface area contributed by atoms with Gasteiger partial charge in [-0.3, -0.25) is 0 Å². The first-order chi connectivity index (χ1) is 12.4. The maximum absolute atomic E-state index is 12.4. The van der Waals surface area contributed by atoms with Crippen molar-refractivity contribution in [1.29, 1.82) is 0 Å². The van der Waals surface area contributed by atoms with Crippen molar-refractivity contribution in [2.45, 2.75) is 20.8 Å². The zero-order valence-corrected chi connectivity index (χ0v) is 14.7. The number of rotatable bonds is 4. The molecule has 1 aromatic heterocycles. The van der Waals surface area contributed by atoms with Gasteiger partial charge in [0.2, 0.25) is 0 Å². The summed E-state index contributed by atoms with van der Waals surface area (Å²) in [6.07, 6.45) is 0. The van der Waals surface area contributed by atoms with E-state index in [2.05, 4.69) is 4.98 Å². The highest BCUT2D eigenvalue weighted by Crippen LogP contribution is 2.44. The van der Waals surface area contributed by atoms with E-state index in [0.29, 0.717) is 21.9 Å². The number of hydrogen-bond donors (Lipinski definition) is 3. The van der Waals surface area contributed by atoms with Gasteiger partial charge in [-0.25, -0.2) is 9.59 Å². The SMILES string of the molecule is CCOC(=O)c1ccc2c(O)c(O)c3[nH]c(C)c(C(=O)OCC)c3c2c1. The Balaban J connectivity index is 2.41. The number of phenolic OH excluding ortho intramolecular Hbond substituents is 2. The number of aromatic nitrogens is 1. The van der Waals surface area contributed by atoms with E-state index in [9.17, 15) is 19.8 Å². The van der Waals surface area contributed by atoms with E-state index in [1.54, 1.807) is 20.8 Å². The number of aromatic amines is 1. The summed E-state index contributed by atoms with van der Waals surface area (Å²) in [6, 6.07) is 4.53. The van der Waals surface area contributed by atoms with Crippen molar-refractivity contribution < 1.29 is 29.3 Å². The van der Waals surface area contributed by atoms with Gasteiger partial charge in [-0.2, -0.15) is 0 Å². The van der Waals surface area contributed by atoms with Gasteiger partial charge < -0.3 is 24.7 Å². The Labute approximate surface area is 149 Å². The Morgan fingerprint density at radius 1 is 1.00 bits per heavy atom. The molecular weight excluding hydrogens is 338 g/mol. The quantitative estimate of drug-likeness (QED) is 0.488. The molecule has 0 bridgehead atoms. The highest BCUT2D eigenvalue weighted by Gasteiger charge is 2.24. The third-order valence-electron chi connectivity index (χ3n) is 4.18. The molecule has 0 aliphatic rings. The van der Waals surface area contributed by atoms with E-state index in [1.165, 1.54) is 18.2 Å². The van der Waals surface area contributed by atoms with Crippen molar-refractivity contribution in [2.24, 2.45) is 0 Å². The second-order valence-corrected chi connectivity index (χ2v) is 5.77. The van der Waals surface area contributed by atoms with Crippen LogP contribution < -0.4 is 0 Å². The molecular formula is C19H19NO6. The highest BCUT2D eigenvalue weighted by atomic mass is 16.5. The minimum atomic E-state index is -0.552. The van der Waals surface area contributed by atoms with Crippen LogP contribution in [-0.4, -0.2) is 40.3 Å². The van der Waals surface area contributed by atoms with Gasteiger partial charge in [0.15, 0.2) is 11.5 Å². The fourth-order valence-electron chi connectivity index (χ4n) is 3.08. The van der Waals surface area contributed by atoms with Gasteiger partial charge in [-0.15, -0.1) is 0 Å². The molecule has 0 spiro atoms. The second kappa shape index (κ2) is 6.59. The third-order valence-corrected chi connectivity index (χ3v) is 4.18. The Morgan fingerprint density at radius 2 is 1.65 bits per heavy atom. The zero-order valence-electron chi connectivity index (χ0n) is 14.7. The summed E-state index contributed by atoms with van der Waals surface area (Å²) < 4.78 is 10.1. The third kappa shape index (κ3) is 2.61. The molecule has 0 saturated heterocycles. The van der Waals surface area contributed by atoms with Gasteiger partial charge in [0.1, 0.15) is 0 Å². The van der Waals surface area contributed by atoms with E-state index in [-0.39, 0.29) is 41.4 Å². The molecule has 7 nitrogen and oxygen atoms in total. The molecule has 0 aliphatic carbocycles. The molecule has 0 fully saturated rings. The second-order valence-electron chi connectivity index (χ2n) is 5.77. The van der Waals surface area contributed by atoms with Crippen LogP contribution in [0.15, 0.2) is 18.2 Å². The molecule has 0 unspecified atom stereocenters. The molecule has 0 aliphatic heterocycles. The number of ether oxygens (including phenoxy) is 2. The number of H-pyrrole nitrogens is 1. The van der Waals surface area contributed by atoms with E-state index >= 15 is 0 Å². The molecule has 3 aromatic rings. The summed E-state index contributed by atoms with van der Waals surface area (Å²) in [5.41, 5.74) is 1.22. The number of nitrogens with one attached hydrogen (secondary N) is 1. The number of carbonyl (C=O) groups excluding carboxylic acids is 2. The maximum atomic E-state index is 12.4. The lowest BCUT2D eigenvalue weighted by molar-refractivity contribution is 0.0518. The monoisotopic (exact) mass is 357 g/mol. The van der Waals surface area contributed by atoms with Gasteiger partial charge in [0.05, 0.1) is 29.9 Å². The van der Waals surface area contributed by atoms with Crippen LogP contribution in [0, 0.1) is 6.92 Å². The van der Waals surface area contributed by atoms with Crippen molar-refractivity contribution in [3.05, 3.63) is 35.0 Å². The number of hydrogen-bond acceptors (Lipinski definition) is 6. The van der Waals surface area contributed by atoms with Gasteiger partial charge in [0.25, 0.3) is 0 Å². The maximum Gasteiger partial charge on any atom is 0.340 e. The first kappa shape index (κ1) is 17.6. The Hall–Kier alpha value is -3.22. The van der Waals surface area contributed by atoms with Gasteiger partial charge in [-0.1, -0.05) is 0 Å². The summed E-state index contributed by atoms with van der Waals surface area (Å²) in [5, 5.41) is 21.8. The number of fused-ring (bicyclic) bond motifs is 3. The molecule has 0 atom stereocenters. The van der Waals surface area contributed by atoms with Crippen molar-refractivity contribution >= 4 is 33.6 Å². The van der Waals surface area contributed by atoms with Crippen LogP contribution in [0.1, 0.15) is 40.3 Å². The van der Waals surface area contributed by atoms with Crippen molar-refractivity contribution in [1.82, 2.24) is 4.98 Å². The first-order valence-corrected chi connectivity index (χ1v) is 8.24. The largest absolute Gasteiger partial charge is 0.504 e. The van der Waals surface area contributed by atoms with Crippen molar-refractivity contribution in [3.63, 3.8) is 0 Å². The minimum absolute atomic E-state index is 0.195. The van der Waals surface area contributed by atoms with Crippen molar-refractivity contribution in [2.75, 3.05) is 13.2 Å². The van der Waals surface area contributed by atoms with E-state index in [1.807, 2.05) is 0 Å². The van der Waals surface area contributed by atoms with Crippen LogP contribution in [0.5, 0.6) is 11.5 Å². The minimum Gasteiger partial charge on any atom is -0.504 e. The summed E-state index contributed by atoms with van der Waals surface area (Å²) >= 11 is 0. The van der Waals surface area contributed by atoms with Gasteiger partial charge in [0, 0.05) is 16.5 Å². The predicted octanol–water partition coefficient (Wildman–Crippen LogP) is 3.39. The van der Waals surface area contributed by atoms with Crippen LogP contribution in [-0.2, 0) is 9.47 Å². The molecule has 136 valence electrons. The van der Waals surface area contributed by atoms with Crippen LogP contribution in [0.2, 0.25) is 0 Å². The number of aryl methyl sites for hydroxylation is 1. The Morgan fingerprint density at radius 3 is 2.31 bits per heavy atom. The van der Waals surface area contributed by atoms with Crippen LogP contribution in [0.3, 0.4) is 0 Å². The number of aromatic hydroxyl groups is 2. The molecule has 0 saturated carbocycles. The number of benzene rings is 2. The van der Waals surface area contributed by atoms with E-state index in [4.69, 9.17) is 9.47 Å². The molecule has 1 heterocycles. The number of phenols is 2. The summed E-state index contributed by atoms with van der Waals surface area (Å²) in [4.78, 5) is 27.4. The average molecular weight is 357 g/mol. The Kier molecular flexibility index (Phi) is 4.46. The van der Waals surface area contributed by atoms with Gasteiger partial charge >= 0.3 is 11.9 Å². The highest BCUT2D eigenvalue weighted by molar-refractivity contribution is 6.21. The molecule has 0 amide bonds. The molecule has 7 heteroatoms. The van der Waals surface area contributed by atoms with Crippen LogP contribution in [0.4, 0.5) is 0 Å². The van der Waals surface area contributed by atoms with Crippen LogP contribution in [0.25, 0.3) is 21.7 Å². The molecule has 3 rings (SSSR count). The molecule has 26 heavy (non-hydrogen) atoms. The fourth-order valence-corrected chi connectivity index (χ4v) is 3.08. The van der Waals surface area contributed by atoms with Crippen LogP contribution >= 0.6 is 0 Å². The lowest BCUT2D eigenvalue weighted by atomic mass is 9.99. The fraction of sp³-hybridized carbons (Fsp3) is 0.263. The number of esters is 2. The van der Waals surface area contributed by atoms with E-state index < -0.39 is 11.9 Å². The lowest BCUT2D eigenvalue weighted by Gasteiger charge is -2.10. The average Bonchev–Trinajstić information content (AvgIpc) is 2.97. The summed E-state index contributed by atoms with van der Waals surface area (Å²) in [5.74, 6) is -1.76. The molecule has 0 radical (unpaired) electrons. The summed E-state index contributed by atoms with van der Waals surface area (Å²) in [6.45, 7) is 5.49. The predicted molar refractivity (Wildman–Crippen MR) is 95.8 cm³/mol. The number of carbonyl (C=O) groups is 2. The standard InChI is InChI=1S/C19H19NO6/c1-4-25-18(23)10-6-7-11-12(8-10)14-13(19(24)26-5-2)9(3)20-15(14)17(22)16(11)21/h6-8,20-22H,4-5H2,1-3H3. The van der Waals surface area contributed by atoms with E-state index in [0.717, 1.165) is 0 Å². The van der Waals surface area contributed by atoms with Gasteiger partial charge in [-0.05, 0) is 44.4 Å². The Bertz CT molecular complexity index is 1030. The normalized spacial score (nSPS) is 11.0. The topological polar surface area (TPSA) is 109 Å². The lowest BCUT2D eigenvalue weighted by Crippen LogP contribution is -2.06. The van der Waals surface area contributed by atoms with Crippen molar-refractivity contribution in [3.8, 4) is 11.5 Å².